The molecule has 0 saturated heterocycles. The molecule has 2 nitrogen and oxygen atoms in total. The summed E-state index contributed by atoms with van der Waals surface area (Å²) in [4.78, 5) is 11.1. The lowest BCUT2D eigenvalue weighted by Gasteiger charge is -2.29. The van der Waals surface area contributed by atoms with Crippen LogP contribution in [0.15, 0.2) is 0 Å². The summed E-state index contributed by atoms with van der Waals surface area (Å²) in [6.07, 6.45) is 6.66. The molecule has 0 atom stereocenters. The highest BCUT2D eigenvalue weighted by Gasteiger charge is 2.23. The van der Waals surface area contributed by atoms with Crippen LogP contribution < -0.4 is 0 Å². The van der Waals surface area contributed by atoms with Crippen molar-refractivity contribution < 1.29 is 9.53 Å². The van der Waals surface area contributed by atoms with Crippen molar-refractivity contribution in [2.24, 2.45) is 11.8 Å². The second kappa shape index (κ2) is 6.14. The number of hydrogen-bond acceptors (Lipinski definition) is 2. The van der Waals surface area contributed by atoms with Crippen LogP contribution >= 0.6 is 0 Å². The molecule has 0 N–H and O–H groups in total. The highest BCUT2D eigenvalue weighted by Crippen LogP contribution is 2.30. The van der Waals surface area contributed by atoms with Gasteiger partial charge in [0.15, 0.2) is 0 Å². The Hall–Kier alpha value is -0.530. The lowest BCUT2D eigenvalue weighted by Crippen LogP contribution is -2.24. The molecule has 0 spiro atoms. The van der Waals surface area contributed by atoms with Crippen molar-refractivity contribution in [3.8, 4) is 0 Å². The van der Waals surface area contributed by atoms with Gasteiger partial charge in [-0.25, -0.2) is 0 Å². The van der Waals surface area contributed by atoms with Gasteiger partial charge < -0.3 is 4.74 Å². The average molecular weight is 212 g/mol. The molecular formula is C13H24O2. The summed E-state index contributed by atoms with van der Waals surface area (Å²) in [5.41, 5.74) is 0. The molecule has 0 heterocycles. The van der Waals surface area contributed by atoms with Gasteiger partial charge in [-0.2, -0.15) is 0 Å². The number of carbonyl (C=O) groups excluding carboxylic acids is 1. The van der Waals surface area contributed by atoms with E-state index in [2.05, 4.69) is 13.8 Å². The van der Waals surface area contributed by atoms with Crippen LogP contribution in [0.4, 0.5) is 0 Å². The number of esters is 1. The zero-order chi connectivity index (χ0) is 11.3. The van der Waals surface area contributed by atoms with Gasteiger partial charge in [0.1, 0.15) is 6.10 Å². The molecule has 2 heteroatoms. The monoisotopic (exact) mass is 212 g/mol. The van der Waals surface area contributed by atoms with Crippen LogP contribution in [-0.4, -0.2) is 12.1 Å². The molecule has 0 unspecified atom stereocenters. The van der Waals surface area contributed by atoms with Crippen LogP contribution in [0.1, 0.15) is 59.3 Å². The topological polar surface area (TPSA) is 26.3 Å². The molecule has 0 amide bonds. The molecule has 0 aromatic heterocycles. The van der Waals surface area contributed by atoms with Crippen molar-refractivity contribution in [3.63, 3.8) is 0 Å². The molecule has 0 radical (unpaired) electrons. The molecule has 0 aromatic carbocycles. The van der Waals surface area contributed by atoms with Gasteiger partial charge in [0.2, 0.25) is 0 Å². The molecule has 0 aliphatic heterocycles. The minimum absolute atomic E-state index is 0.0395. The van der Waals surface area contributed by atoms with Gasteiger partial charge in [0.05, 0.1) is 0 Å². The highest BCUT2D eigenvalue weighted by atomic mass is 16.5. The zero-order valence-electron chi connectivity index (χ0n) is 10.3. The maximum absolute atomic E-state index is 11.1. The number of rotatable bonds is 4. The smallest absolute Gasteiger partial charge is 0.305 e. The second-order valence-electron chi connectivity index (χ2n) is 5.12. The van der Waals surface area contributed by atoms with Crippen molar-refractivity contribution in [1.29, 1.82) is 0 Å². The Kier molecular flexibility index (Phi) is 5.13. The summed E-state index contributed by atoms with van der Waals surface area (Å²) in [5.74, 6) is 1.62. The van der Waals surface area contributed by atoms with E-state index in [4.69, 9.17) is 4.74 Å². The largest absolute Gasteiger partial charge is 0.462 e. The first-order valence-electron chi connectivity index (χ1n) is 6.31. The first kappa shape index (κ1) is 12.5. The third kappa shape index (κ3) is 4.67. The first-order chi connectivity index (χ1) is 7.11. The maximum atomic E-state index is 11.1. The molecule has 1 saturated carbocycles. The molecule has 15 heavy (non-hydrogen) atoms. The predicted molar refractivity (Wildman–Crippen MR) is 61.6 cm³/mol. The Bertz CT molecular complexity index is 191. The first-order valence-corrected chi connectivity index (χ1v) is 6.31. The van der Waals surface area contributed by atoms with Crippen LogP contribution in [0.5, 0.6) is 0 Å². The van der Waals surface area contributed by atoms with Crippen LogP contribution in [-0.2, 0) is 9.53 Å². The molecular weight excluding hydrogens is 188 g/mol. The Morgan fingerprint density at radius 2 is 1.87 bits per heavy atom. The minimum atomic E-state index is -0.0395. The van der Waals surface area contributed by atoms with E-state index < -0.39 is 0 Å². The molecule has 0 bridgehead atoms. The maximum Gasteiger partial charge on any atom is 0.305 e. The fourth-order valence-corrected chi connectivity index (χ4v) is 2.42. The quantitative estimate of drug-likeness (QED) is 0.666. The van der Waals surface area contributed by atoms with E-state index in [1.165, 1.54) is 19.3 Å². The van der Waals surface area contributed by atoms with Gasteiger partial charge in [-0.05, 0) is 43.9 Å². The minimum Gasteiger partial charge on any atom is -0.462 e. The fraction of sp³-hybridized carbons (Fsp3) is 0.923. The van der Waals surface area contributed by atoms with E-state index in [0.29, 0.717) is 6.42 Å². The van der Waals surface area contributed by atoms with Gasteiger partial charge in [0, 0.05) is 6.42 Å². The summed E-state index contributed by atoms with van der Waals surface area (Å²) in [6, 6.07) is 0. The van der Waals surface area contributed by atoms with Gasteiger partial charge in [-0.3, -0.25) is 4.79 Å². The van der Waals surface area contributed by atoms with Crippen molar-refractivity contribution in [1.82, 2.24) is 0 Å². The predicted octanol–water partition coefficient (Wildman–Crippen LogP) is 3.54. The van der Waals surface area contributed by atoms with Crippen LogP contribution in [0.2, 0.25) is 0 Å². The van der Waals surface area contributed by atoms with E-state index in [-0.39, 0.29) is 12.1 Å². The number of carbonyl (C=O) groups is 1. The van der Waals surface area contributed by atoms with Gasteiger partial charge in [0.25, 0.3) is 0 Å². The normalized spacial score (nSPS) is 26.7. The second-order valence-corrected chi connectivity index (χ2v) is 5.12. The Labute approximate surface area is 93.4 Å². The molecule has 1 aliphatic carbocycles. The van der Waals surface area contributed by atoms with Crippen LogP contribution in [0.25, 0.3) is 0 Å². The van der Waals surface area contributed by atoms with Crippen molar-refractivity contribution in [3.05, 3.63) is 0 Å². The lowest BCUT2D eigenvalue weighted by atomic mass is 9.82. The van der Waals surface area contributed by atoms with Crippen molar-refractivity contribution in [2.75, 3.05) is 0 Å². The zero-order valence-corrected chi connectivity index (χ0v) is 10.3. The fourth-order valence-electron chi connectivity index (χ4n) is 2.42. The van der Waals surface area contributed by atoms with E-state index in [0.717, 1.165) is 24.7 Å². The molecule has 1 rings (SSSR count). The van der Waals surface area contributed by atoms with E-state index >= 15 is 0 Å². The Balaban J connectivity index is 2.20. The summed E-state index contributed by atoms with van der Waals surface area (Å²) < 4.78 is 5.35. The highest BCUT2D eigenvalue weighted by molar-refractivity contribution is 5.69. The standard InChI is InChI=1S/C13H24O2/c1-4-13(14)15-12-7-5-11(6-8-12)9-10(2)3/h10-12H,4-9H2,1-3H3/t11-,12+. The van der Waals surface area contributed by atoms with Crippen molar-refractivity contribution >= 4 is 5.97 Å². The Morgan fingerprint density at radius 3 is 2.33 bits per heavy atom. The molecule has 1 fully saturated rings. The summed E-state index contributed by atoms with van der Waals surface area (Å²) in [5, 5.41) is 0. The summed E-state index contributed by atoms with van der Waals surface area (Å²) in [6.45, 7) is 6.42. The van der Waals surface area contributed by atoms with Gasteiger partial charge in [-0.1, -0.05) is 20.8 Å². The van der Waals surface area contributed by atoms with Crippen LogP contribution in [0.3, 0.4) is 0 Å². The average Bonchev–Trinajstić information content (AvgIpc) is 2.20. The van der Waals surface area contributed by atoms with Gasteiger partial charge >= 0.3 is 5.97 Å². The van der Waals surface area contributed by atoms with Crippen LogP contribution in [0, 0.1) is 11.8 Å². The molecule has 1 aliphatic rings. The SMILES string of the molecule is CCC(=O)O[C@H]1CC[C@@H](CC(C)C)CC1. The van der Waals surface area contributed by atoms with Gasteiger partial charge in [-0.15, -0.1) is 0 Å². The number of hydrogen-bond donors (Lipinski definition) is 0. The third-order valence-corrected chi connectivity index (χ3v) is 3.19. The van der Waals surface area contributed by atoms with E-state index in [1.54, 1.807) is 0 Å². The summed E-state index contributed by atoms with van der Waals surface area (Å²) in [7, 11) is 0. The Morgan fingerprint density at radius 1 is 1.27 bits per heavy atom. The molecule has 0 aromatic rings. The number of ether oxygens (including phenoxy) is 1. The van der Waals surface area contributed by atoms with Crippen molar-refractivity contribution in [2.45, 2.75) is 65.4 Å². The third-order valence-electron chi connectivity index (χ3n) is 3.19. The van der Waals surface area contributed by atoms with E-state index in [1.807, 2.05) is 6.92 Å². The van der Waals surface area contributed by atoms with E-state index in [9.17, 15) is 4.79 Å². The lowest BCUT2D eigenvalue weighted by molar-refractivity contribution is -0.150. The molecule has 88 valence electrons. The summed E-state index contributed by atoms with van der Waals surface area (Å²) >= 11 is 0.